The number of hydrogen-bond acceptors (Lipinski definition) is 8. The van der Waals surface area contributed by atoms with E-state index in [1.54, 1.807) is 44.7 Å². The lowest BCUT2D eigenvalue weighted by atomic mass is 10.0. The van der Waals surface area contributed by atoms with Crippen LogP contribution in [-0.2, 0) is 9.53 Å². The molecule has 0 fully saturated rings. The van der Waals surface area contributed by atoms with Crippen LogP contribution in [0.25, 0.3) is 33.5 Å². The van der Waals surface area contributed by atoms with E-state index in [0.717, 1.165) is 28.2 Å². The van der Waals surface area contributed by atoms with Crippen LogP contribution < -0.4 is 14.8 Å². The number of fused-ring (bicyclic) bond motifs is 1. The van der Waals surface area contributed by atoms with Crippen molar-refractivity contribution in [3.8, 4) is 34.0 Å². The monoisotopic (exact) mass is 548 g/mol. The minimum atomic E-state index is -1.04. The smallest absolute Gasteiger partial charge is 0.338 e. The van der Waals surface area contributed by atoms with E-state index < -0.39 is 18.0 Å². The fourth-order valence-corrected chi connectivity index (χ4v) is 4.20. The molecule has 0 saturated heterocycles. The summed E-state index contributed by atoms with van der Waals surface area (Å²) in [6.45, 7) is 3.34. The lowest BCUT2D eigenvalue weighted by Gasteiger charge is -2.15. The summed E-state index contributed by atoms with van der Waals surface area (Å²) in [6.07, 6.45) is 0.536. The summed E-state index contributed by atoms with van der Waals surface area (Å²) in [5.74, 6) is 0.732. The first-order valence-corrected chi connectivity index (χ1v) is 12.9. The first kappa shape index (κ1) is 27.3. The Morgan fingerprint density at radius 3 is 1.93 bits per heavy atom. The first-order chi connectivity index (χ1) is 19.9. The second kappa shape index (κ2) is 11.8. The van der Waals surface area contributed by atoms with Crippen LogP contribution in [0, 0.1) is 6.92 Å². The number of amides is 1. The Hall–Kier alpha value is -5.31. The van der Waals surface area contributed by atoms with E-state index in [2.05, 4.69) is 10.3 Å². The number of rotatable bonds is 8. The minimum absolute atomic E-state index is 0.248. The second-order valence-electron chi connectivity index (χ2n) is 9.29. The molecular formula is C32H28N4O5. The predicted molar refractivity (Wildman–Crippen MR) is 156 cm³/mol. The van der Waals surface area contributed by atoms with Crippen LogP contribution in [0.4, 0.5) is 5.82 Å². The van der Waals surface area contributed by atoms with Gasteiger partial charge in [-0.05, 0) is 92.2 Å². The highest BCUT2D eigenvalue weighted by atomic mass is 16.5. The molecule has 2 aromatic heterocycles. The highest BCUT2D eigenvalue weighted by Gasteiger charge is 2.21. The second-order valence-corrected chi connectivity index (χ2v) is 9.29. The summed E-state index contributed by atoms with van der Waals surface area (Å²) in [4.78, 5) is 39.6. The standard InChI is InChI=1S/C32H28N4O5/c1-19-6-5-17-33-30(19)36-31(37)20(2)41-32(38)23-11-16-26-27(18-23)35-29(22-9-14-25(40-4)15-10-22)28(34-26)21-7-12-24(39-3)13-8-21/h5-18,20H,1-4H3,(H,33,36,37). The summed E-state index contributed by atoms with van der Waals surface area (Å²) in [7, 11) is 3.23. The van der Waals surface area contributed by atoms with Crippen LogP contribution in [0.3, 0.4) is 0 Å². The zero-order valence-corrected chi connectivity index (χ0v) is 23.0. The number of aryl methyl sites for hydroxylation is 1. The van der Waals surface area contributed by atoms with Crippen molar-refractivity contribution in [2.75, 3.05) is 19.5 Å². The molecule has 1 unspecified atom stereocenters. The van der Waals surface area contributed by atoms with Gasteiger partial charge in [0.1, 0.15) is 17.3 Å². The Morgan fingerprint density at radius 2 is 1.37 bits per heavy atom. The number of aromatic nitrogens is 3. The molecule has 9 nitrogen and oxygen atoms in total. The molecule has 41 heavy (non-hydrogen) atoms. The Kier molecular flexibility index (Phi) is 7.87. The molecule has 0 spiro atoms. The van der Waals surface area contributed by atoms with Crippen molar-refractivity contribution in [2.45, 2.75) is 20.0 Å². The van der Waals surface area contributed by atoms with Gasteiger partial charge < -0.3 is 19.5 Å². The summed E-state index contributed by atoms with van der Waals surface area (Å²) in [5.41, 5.74) is 5.15. The van der Waals surface area contributed by atoms with Crippen LogP contribution in [0.5, 0.6) is 11.5 Å². The van der Waals surface area contributed by atoms with E-state index in [1.165, 1.54) is 6.92 Å². The number of methoxy groups -OCH3 is 2. The third-order valence-electron chi connectivity index (χ3n) is 6.53. The molecule has 0 aliphatic carbocycles. The molecule has 0 bridgehead atoms. The number of nitrogens with zero attached hydrogens (tertiary/aromatic N) is 3. The van der Waals surface area contributed by atoms with E-state index in [9.17, 15) is 9.59 Å². The molecule has 5 rings (SSSR count). The molecule has 1 atom stereocenters. The molecule has 0 aliphatic rings. The largest absolute Gasteiger partial charge is 0.497 e. The molecule has 0 aliphatic heterocycles. The van der Waals surface area contributed by atoms with Gasteiger partial charge >= 0.3 is 5.97 Å². The van der Waals surface area contributed by atoms with Crippen molar-refractivity contribution in [3.63, 3.8) is 0 Å². The number of carbonyl (C=O) groups excluding carboxylic acids is 2. The number of carbonyl (C=O) groups is 2. The molecule has 2 heterocycles. The van der Waals surface area contributed by atoms with Gasteiger partial charge in [0.25, 0.3) is 5.91 Å². The van der Waals surface area contributed by atoms with Crippen molar-refractivity contribution >= 4 is 28.7 Å². The van der Waals surface area contributed by atoms with Crippen LogP contribution in [0.1, 0.15) is 22.8 Å². The number of ether oxygens (including phenoxy) is 3. The number of nitrogens with one attached hydrogen (secondary N) is 1. The van der Waals surface area contributed by atoms with Crippen molar-refractivity contribution in [2.24, 2.45) is 0 Å². The third-order valence-corrected chi connectivity index (χ3v) is 6.53. The average molecular weight is 549 g/mol. The first-order valence-electron chi connectivity index (χ1n) is 12.9. The molecule has 1 amide bonds. The fraction of sp³-hybridized carbons (Fsp3) is 0.156. The van der Waals surface area contributed by atoms with Gasteiger partial charge in [-0.3, -0.25) is 4.79 Å². The van der Waals surface area contributed by atoms with Crippen LogP contribution in [-0.4, -0.2) is 47.2 Å². The summed E-state index contributed by atoms with van der Waals surface area (Å²) < 4.78 is 16.1. The quantitative estimate of drug-likeness (QED) is 0.240. The molecule has 0 saturated carbocycles. The average Bonchev–Trinajstić information content (AvgIpc) is 3.01. The van der Waals surface area contributed by atoms with E-state index in [0.29, 0.717) is 28.2 Å². The van der Waals surface area contributed by atoms with Gasteiger partial charge in [0.05, 0.1) is 42.2 Å². The lowest BCUT2D eigenvalue weighted by Crippen LogP contribution is -2.30. The van der Waals surface area contributed by atoms with Gasteiger partial charge in [-0.1, -0.05) is 6.07 Å². The molecule has 9 heteroatoms. The zero-order valence-electron chi connectivity index (χ0n) is 23.0. The third kappa shape index (κ3) is 5.99. The van der Waals surface area contributed by atoms with Crippen LogP contribution in [0.2, 0.25) is 0 Å². The van der Waals surface area contributed by atoms with Crippen molar-refractivity contribution in [1.82, 2.24) is 15.0 Å². The number of pyridine rings is 1. The topological polar surface area (TPSA) is 113 Å². The van der Waals surface area contributed by atoms with Crippen LogP contribution in [0.15, 0.2) is 85.1 Å². The minimum Gasteiger partial charge on any atom is -0.497 e. The van der Waals surface area contributed by atoms with Crippen LogP contribution >= 0.6 is 0 Å². The van der Waals surface area contributed by atoms with Gasteiger partial charge in [0.15, 0.2) is 6.10 Å². The Bertz CT molecular complexity index is 1720. The lowest BCUT2D eigenvalue weighted by molar-refractivity contribution is -0.123. The zero-order chi connectivity index (χ0) is 28.9. The highest BCUT2D eigenvalue weighted by Crippen LogP contribution is 2.33. The molecule has 1 N–H and O–H groups in total. The normalized spacial score (nSPS) is 11.5. The van der Waals surface area contributed by atoms with Gasteiger partial charge in [0.2, 0.25) is 0 Å². The fourth-order valence-electron chi connectivity index (χ4n) is 4.20. The SMILES string of the molecule is COc1ccc(-c2nc3ccc(C(=O)OC(C)C(=O)Nc4ncccc4C)cc3nc2-c2ccc(OC)cc2)cc1. The van der Waals surface area contributed by atoms with Gasteiger partial charge in [-0.25, -0.2) is 19.7 Å². The summed E-state index contributed by atoms with van der Waals surface area (Å²) in [6, 6.07) is 23.6. The van der Waals surface area contributed by atoms with Crippen molar-refractivity contribution in [3.05, 3.63) is 96.2 Å². The van der Waals surface area contributed by atoms with Crippen molar-refractivity contribution < 1.29 is 23.8 Å². The van der Waals surface area contributed by atoms with E-state index >= 15 is 0 Å². The summed E-state index contributed by atoms with van der Waals surface area (Å²) in [5, 5.41) is 2.69. The van der Waals surface area contributed by atoms with Gasteiger partial charge in [-0.15, -0.1) is 0 Å². The predicted octanol–water partition coefficient (Wildman–Crippen LogP) is 5.87. The maximum atomic E-state index is 13.0. The van der Waals surface area contributed by atoms with E-state index in [1.807, 2.05) is 61.5 Å². The number of benzene rings is 3. The molecule has 206 valence electrons. The van der Waals surface area contributed by atoms with E-state index in [4.69, 9.17) is 24.2 Å². The van der Waals surface area contributed by atoms with Crippen molar-refractivity contribution in [1.29, 1.82) is 0 Å². The number of anilines is 1. The van der Waals surface area contributed by atoms with Gasteiger partial charge in [0, 0.05) is 17.3 Å². The number of esters is 1. The Morgan fingerprint density at radius 1 is 0.780 bits per heavy atom. The summed E-state index contributed by atoms with van der Waals surface area (Å²) >= 11 is 0. The number of hydrogen-bond donors (Lipinski definition) is 1. The molecule has 0 radical (unpaired) electrons. The maximum absolute atomic E-state index is 13.0. The molecule has 3 aromatic carbocycles. The van der Waals surface area contributed by atoms with Gasteiger partial charge in [-0.2, -0.15) is 0 Å². The Balaban J connectivity index is 1.46. The Labute approximate surface area is 237 Å². The molecule has 5 aromatic rings. The highest BCUT2D eigenvalue weighted by molar-refractivity contribution is 5.99. The molecular weight excluding hydrogens is 520 g/mol. The maximum Gasteiger partial charge on any atom is 0.338 e. The van der Waals surface area contributed by atoms with E-state index in [-0.39, 0.29) is 5.56 Å².